The third kappa shape index (κ3) is 3.05. The van der Waals surface area contributed by atoms with Gasteiger partial charge in [0.1, 0.15) is 5.58 Å². The zero-order valence-corrected chi connectivity index (χ0v) is 14.9. The van der Waals surface area contributed by atoms with Crippen LogP contribution in [-0.2, 0) is 0 Å². The predicted molar refractivity (Wildman–Crippen MR) is 105 cm³/mol. The Morgan fingerprint density at radius 1 is 1.00 bits per heavy atom. The van der Waals surface area contributed by atoms with E-state index in [1.807, 2.05) is 36.4 Å². The van der Waals surface area contributed by atoms with Crippen molar-refractivity contribution in [3.8, 4) is 0 Å². The molecule has 1 aromatic heterocycles. The summed E-state index contributed by atoms with van der Waals surface area (Å²) in [6.07, 6.45) is 1.43. The van der Waals surface area contributed by atoms with Gasteiger partial charge in [-0.3, -0.25) is 4.79 Å². The zero-order chi connectivity index (χ0) is 18.1. The number of halogens is 2. The SMILES string of the molecule is O=C(N/N=C/c1cccc(Cl)c1Cl)c1cc2c(ccc3ccccc32)o1. The van der Waals surface area contributed by atoms with Crippen LogP contribution in [0.3, 0.4) is 0 Å². The van der Waals surface area contributed by atoms with E-state index in [1.54, 1.807) is 24.3 Å². The molecule has 0 aliphatic rings. The van der Waals surface area contributed by atoms with Gasteiger partial charge in [0.2, 0.25) is 0 Å². The number of carbonyl (C=O) groups excluding carboxylic acids is 1. The van der Waals surface area contributed by atoms with E-state index in [-0.39, 0.29) is 5.76 Å². The average Bonchev–Trinajstić information content (AvgIpc) is 3.10. The van der Waals surface area contributed by atoms with Gasteiger partial charge in [-0.15, -0.1) is 0 Å². The molecule has 0 radical (unpaired) electrons. The second-order valence-corrected chi connectivity index (χ2v) is 6.44. The summed E-state index contributed by atoms with van der Waals surface area (Å²) in [6, 6.07) is 18.6. The summed E-state index contributed by atoms with van der Waals surface area (Å²) in [5.74, 6) is -0.259. The molecule has 0 fully saturated rings. The number of hydrogen-bond acceptors (Lipinski definition) is 3. The fourth-order valence-corrected chi connectivity index (χ4v) is 3.10. The van der Waals surface area contributed by atoms with Crippen LogP contribution in [0.2, 0.25) is 10.0 Å². The van der Waals surface area contributed by atoms with Crippen LogP contribution in [0.25, 0.3) is 21.7 Å². The van der Waals surface area contributed by atoms with E-state index in [0.29, 0.717) is 21.2 Å². The van der Waals surface area contributed by atoms with Crippen LogP contribution in [0.1, 0.15) is 16.1 Å². The second-order valence-electron chi connectivity index (χ2n) is 5.65. The normalized spacial score (nSPS) is 11.5. The Labute approximate surface area is 159 Å². The molecule has 0 aliphatic heterocycles. The summed E-state index contributed by atoms with van der Waals surface area (Å²) in [6.45, 7) is 0. The molecule has 1 amide bonds. The maximum absolute atomic E-state index is 12.3. The van der Waals surface area contributed by atoms with Crippen molar-refractivity contribution in [3.05, 3.63) is 82.0 Å². The van der Waals surface area contributed by atoms with Gasteiger partial charge in [-0.2, -0.15) is 5.10 Å². The Bertz CT molecular complexity index is 1170. The minimum atomic E-state index is -0.445. The quantitative estimate of drug-likeness (QED) is 0.367. The number of nitrogens with one attached hydrogen (secondary N) is 1. The Morgan fingerprint density at radius 3 is 2.73 bits per heavy atom. The van der Waals surface area contributed by atoms with Gasteiger partial charge in [-0.25, -0.2) is 5.43 Å². The minimum Gasteiger partial charge on any atom is -0.451 e. The summed E-state index contributed by atoms with van der Waals surface area (Å²) in [7, 11) is 0. The number of carbonyl (C=O) groups is 1. The van der Waals surface area contributed by atoms with Gasteiger partial charge in [-0.1, -0.05) is 65.7 Å². The largest absolute Gasteiger partial charge is 0.451 e. The van der Waals surface area contributed by atoms with E-state index in [0.717, 1.165) is 16.2 Å². The predicted octanol–water partition coefficient (Wildman–Crippen LogP) is 5.66. The van der Waals surface area contributed by atoms with Crippen LogP contribution in [0.4, 0.5) is 0 Å². The molecule has 6 heteroatoms. The van der Waals surface area contributed by atoms with Gasteiger partial charge in [0.25, 0.3) is 0 Å². The van der Waals surface area contributed by atoms with E-state index < -0.39 is 5.91 Å². The van der Waals surface area contributed by atoms with E-state index in [2.05, 4.69) is 10.5 Å². The lowest BCUT2D eigenvalue weighted by Crippen LogP contribution is -2.16. The summed E-state index contributed by atoms with van der Waals surface area (Å²) in [5, 5.41) is 7.72. The van der Waals surface area contributed by atoms with Gasteiger partial charge in [-0.05, 0) is 29.0 Å². The zero-order valence-electron chi connectivity index (χ0n) is 13.4. The summed E-state index contributed by atoms with van der Waals surface area (Å²) >= 11 is 12.0. The smallest absolute Gasteiger partial charge is 0.307 e. The molecule has 0 atom stereocenters. The van der Waals surface area contributed by atoms with Crippen molar-refractivity contribution in [1.82, 2.24) is 5.43 Å². The molecule has 128 valence electrons. The van der Waals surface area contributed by atoms with E-state index in [4.69, 9.17) is 27.6 Å². The molecule has 4 nitrogen and oxygen atoms in total. The van der Waals surface area contributed by atoms with Crippen molar-refractivity contribution >= 4 is 57.1 Å². The van der Waals surface area contributed by atoms with E-state index in [9.17, 15) is 4.79 Å². The van der Waals surface area contributed by atoms with Crippen molar-refractivity contribution < 1.29 is 9.21 Å². The van der Waals surface area contributed by atoms with Crippen LogP contribution < -0.4 is 5.43 Å². The fourth-order valence-electron chi connectivity index (χ4n) is 2.74. The highest BCUT2D eigenvalue weighted by Gasteiger charge is 2.13. The lowest BCUT2D eigenvalue weighted by atomic mass is 10.1. The highest BCUT2D eigenvalue weighted by Crippen LogP contribution is 2.28. The summed E-state index contributed by atoms with van der Waals surface area (Å²) in [4.78, 5) is 12.3. The molecule has 0 saturated heterocycles. The molecule has 0 unspecified atom stereocenters. The molecule has 4 rings (SSSR count). The highest BCUT2D eigenvalue weighted by atomic mass is 35.5. The molecule has 3 aromatic carbocycles. The molecule has 0 aliphatic carbocycles. The average molecular weight is 383 g/mol. The molecular formula is C20H12Cl2N2O2. The number of fused-ring (bicyclic) bond motifs is 3. The lowest BCUT2D eigenvalue weighted by molar-refractivity contribution is 0.0929. The number of hydrogen-bond donors (Lipinski definition) is 1. The van der Waals surface area contributed by atoms with Crippen LogP contribution in [0.15, 0.2) is 70.2 Å². The third-order valence-electron chi connectivity index (χ3n) is 4.00. The monoisotopic (exact) mass is 382 g/mol. The molecule has 0 saturated carbocycles. The van der Waals surface area contributed by atoms with Crippen LogP contribution >= 0.6 is 23.2 Å². The number of furan rings is 1. The number of hydrazone groups is 1. The molecular weight excluding hydrogens is 371 g/mol. The van der Waals surface area contributed by atoms with E-state index in [1.165, 1.54) is 6.21 Å². The summed E-state index contributed by atoms with van der Waals surface area (Å²) < 4.78 is 5.65. The molecule has 4 aromatic rings. The summed E-state index contributed by atoms with van der Waals surface area (Å²) in [5.41, 5.74) is 3.69. The Morgan fingerprint density at radius 2 is 1.85 bits per heavy atom. The van der Waals surface area contributed by atoms with Gasteiger partial charge < -0.3 is 4.42 Å². The van der Waals surface area contributed by atoms with E-state index >= 15 is 0 Å². The van der Waals surface area contributed by atoms with Crippen molar-refractivity contribution in [1.29, 1.82) is 0 Å². The van der Waals surface area contributed by atoms with Crippen molar-refractivity contribution in [2.75, 3.05) is 0 Å². The Hall–Kier alpha value is -2.82. The standard InChI is InChI=1S/C20H12Cl2N2O2/c21-16-7-3-5-13(19(16)22)11-23-24-20(25)18-10-15-14-6-2-1-4-12(14)8-9-17(15)26-18/h1-11H,(H,24,25)/b23-11+. The Kier molecular flexibility index (Phi) is 4.37. The van der Waals surface area contributed by atoms with Crippen molar-refractivity contribution in [2.45, 2.75) is 0 Å². The molecule has 0 spiro atoms. The van der Waals surface area contributed by atoms with Gasteiger partial charge in [0.05, 0.1) is 16.3 Å². The number of amides is 1. The van der Waals surface area contributed by atoms with Crippen LogP contribution in [0, 0.1) is 0 Å². The van der Waals surface area contributed by atoms with Crippen molar-refractivity contribution in [3.63, 3.8) is 0 Å². The number of benzene rings is 3. The minimum absolute atomic E-state index is 0.186. The Balaban J connectivity index is 1.59. The molecule has 1 N–H and O–H groups in total. The van der Waals surface area contributed by atoms with Gasteiger partial charge in [0, 0.05) is 10.9 Å². The first-order chi connectivity index (χ1) is 12.6. The number of nitrogens with zero attached hydrogens (tertiary/aromatic N) is 1. The van der Waals surface area contributed by atoms with Gasteiger partial charge in [0.15, 0.2) is 5.76 Å². The van der Waals surface area contributed by atoms with Gasteiger partial charge >= 0.3 is 5.91 Å². The van der Waals surface area contributed by atoms with Crippen molar-refractivity contribution in [2.24, 2.45) is 5.10 Å². The fraction of sp³-hybridized carbons (Fsp3) is 0. The lowest BCUT2D eigenvalue weighted by Gasteiger charge is -1.99. The maximum Gasteiger partial charge on any atom is 0.307 e. The maximum atomic E-state index is 12.3. The third-order valence-corrected chi connectivity index (χ3v) is 4.83. The van der Waals surface area contributed by atoms with Crippen LogP contribution in [-0.4, -0.2) is 12.1 Å². The second kappa shape index (κ2) is 6.83. The first kappa shape index (κ1) is 16.6. The number of rotatable bonds is 3. The molecule has 26 heavy (non-hydrogen) atoms. The first-order valence-corrected chi connectivity index (χ1v) is 8.58. The topological polar surface area (TPSA) is 54.6 Å². The highest BCUT2D eigenvalue weighted by molar-refractivity contribution is 6.43. The van der Waals surface area contributed by atoms with Crippen LogP contribution in [0.5, 0.6) is 0 Å². The molecule has 0 bridgehead atoms. The molecule has 1 heterocycles. The first-order valence-electron chi connectivity index (χ1n) is 7.82.